The molecule has 0 aliphatic heterocycles. The molecule has 0 spiro atoms. The standard InChI is InChI=1S/C10H19NO3S/c1-10(2,3)9(14)11-7(8(12)13)5-6-15-4/h7H,5-6H2,1-4H3,(H,11,14)(H,12,13)/t7-/m0/s1. The Balaban J connectivity index is 4.29. The van der Waals surface area contributed by atoms with Gasteiger partial charge in [-0.3, -0.25) is 4.79 Å². The van der Waals surface area contributed by atoms with Gasteiger partial charge in [0.15, 0.2) is 0 Å². The van der Waals surface area contributed by atoms with Crippen LogP contribution in [0.25, 0.3) is 0 Å². The van der Waals surface area contributed by atoms with Crippen molar-refractivity contribution in [2.24, 2.45) is 5.41 Å². The van der Waals surface area contributed by atoms with Gasteiger partial charge < -0.3 is 10.4 Å². The van der Waals surface area contributed by atoms with Crippen LogP contribution in [0.4, 0.5) is 0 Å². The fraction of sp³-hybridized carbons (Fsp3) is 0.800. The zero-order valence-corrected chi connectivity index (χ0v) is 10.5. The van der Waals surface area contributed by atoms with Crippen LogP contribution in [0.15, 0.2) is 0 Å². The highest BCUT2D eigenvalue weighted by Gasteiger charge is 2.26. The third-order valence-electron chi connectivity index (χ3n) is 1.90. The van der Waals surface area contributed by atoms with Crippen molar-refractivity contribution in [3.05, 3.63) is 0 Å². The fourth-order valence-corrected chi connectivity index (χ4v) is 1.34. The number of aliphatic carboxylic acids is 1. The predicted molar refractivity (Wildman–Crippen MR) is 62.0 cm³/mol. The van der Waals surface area contributed by atoms with Crippen molar-refractivity contribution in [1.82, 2.24) is 5.32 Å². The number of thioether (sulfide) groups is 1. The molecule has 88 valence electrons. The number of hydrogen-bond acceptors (Lipinski definition) is 3. The molecular formula is C10H19NO3S. The molecule has 0 saturated heterocycles. The minimum Gasteiger partial charge on any atom is -0.480 e. The summed E-state index contributed by atoms with van der Waals surface area (Å²) in [7, 11) is 0. The van der Waals surface area contributed by atoms with E-state index in [9.17, 15) is 9.59 Å². The summed E-state index contributed by atoms with van der Waals surface area (Å²) in [6, 6.07) is -0.774. The Morgan fingerprint density at radius 2 is 1.93 bits per heavy atom. The van der Waals surface area contributed by atoms with Crippen molar-refractivity contribution < 1.29 is 14.7 Å². The maximum atomic E-state index is 11.6. The minimum absolute atomic E-state index is 0.226. The van der Waals surface area contributed by atoms with Gasteiger partial charge in [0.25, 0.3) is 0 Å². The van der Waals surface area contributed by atoms with Gasteiger partial charge >= 0.3 is 5.97 Å². The van der Waals surface area contributed by atoms with Gasteiger partial charge in [-0.05, 0) is 18.4 Å². The maximum Gasteiger partial charge on any atom is 0.326 e. The molecule has 0 rings (SSSR count). The first-order valence-electron chi connectivity index (χ1n) is 4.81. The van der Waals surface area contributed by atoms with E-state index < -0.39 is 17.4 Å². The summed E-state index contributed by atoms with van der Waals surface area (Å²) in [6.07, 6.45) is 2.36. The molecule has 0 aromatic carbocycles. The number of carbonyl (C=O) groups is 2. The lowest BCUT2D eigenvalue weighted by Gasteiger charge is -2.21. The van der Waals surface area contributed by atoms with Crippen molar-refractivity contribution in [3.8, 4) is 0 Å². The summed E-state index contributed by atoms with van der Waals surface area (Å²) in [6.45, 7) is 5.28. The first kappa shape index (κ1) is 14.3. The first-order valence-corrected chi connectivity index (χ1v) is 6.21. The van der Waals surface area contributed by atoms with E-state index >= 15 is 0 Å². The van der Waals surface area contributed by atoms with Crippen LogP contribution in [0, 0.1) is 5.41 Å². The average molecular weight is 233 g/mol. The molecule has 0 fully saturated rings. The Bertz CT molecular complexity index is 235. The van der Waals surface area contributed by atoms with E-state index in [4.69, 9.17) is 5.11 Å². The Kier molecular flexibility index (Phi) is 5.72. The van der Waals surface area contributed by atoms with Crippen molar-refractivity contribution >= 4 is 23.6 Å². The molecule has 5 heteroatoms. The summed E-state index contributed by atoms with van der Waals surface area (Å²) >= 11 is 1.57. The topological polar surface area (TPSA) is 66.4 Å². The third kappa shape index (κ3) is 5.67. The summed E-state index contributed by atoms with van der Waals surface area (Å²) in [5.41, 5.74) is -0.549. The third-order valence-corrected chi connectivity index (χ3v) is 2.54. The highest BCUT2D eigenvalue weighted by Crippen LogP contribution is 2.13. The van der Waals surface area contributed by atoms with Crippen LogP contribution in [-0.2, 0) is 9.59 Å². The van der Waals surface area contributed by atoms with Crippen LogP contribution < -0.4 is 5.32 Å². The molecule has 0 aliphatic carbocycles. The largest absolute Gasteiger partial charge is 0.480 e. The smallest absolute Gasteiger partial charge is 0.326 e. The monoisotopic (exact) mass is 233 g/mol. The van der Waals surface area contributed by atoms with E-state index in [1.165, 1.54) is 0 Å². The second-order valence-corrected chi connectivity index (χ2v) is 5.38. The zero-order chi connectivity index (χ0) is 12.1. The van der Waals surface area contributed by atoms with E-state index in [1.54, 1.807) is 32.5 Å². The van der Waals surface area contributed by atoms with Crippen LogP contribution in [0.5, 0.6) is 0 Å². The van der Waals surface area contributed by atoms with Crippen molar-refractivity contribution in [2.75, 3.05) is 12.0 Å². The molecule has 15 heavy (non-hydrogen) atoms. The molecule has 0 radical (unpaired) electrons. The minimum atomic E-state index is -0.971. The quantitative estimate of drug-likeness (QED) is 0.752. The van der Waals surface area contributed by atoms with Gasteiger partial charge in [-0.15, -0.1) is 0 Å². The van der Waals surface area contributed by atoms with Crippen LogP contribution in [0.3, 0.4) is 0 Å². The van der Waals surface area contributed by atoms with Crippen molar-refractivity contribution in [1.29, 1.82) is 0 Å². The molecular weight excluding hydrogens is 214 g/mol. The van der Waals surface area contributed by atoms with E-state index in [0.717, 1.165) is 5.75 Å². The highest BCUT2D eigenvalue weighted by molar-refractivity contribution is 7.98. The summed E-state index contributed by atoms with van der Waals surface area (Å²) in [4.78, 5) is 22.4. The van der Waals surface area contributed by atoms with Gasteiger partial charge in [0, 0.05) is 5.41 Å². The molecule has 0 bridgehead atoms. The second-order valence-electron chi connectivity index (χ2n) is 4.40. The van der Waals surface area contributed by atoms with E-state index in [2.05, 4.69) is 5.32 Å². The SMILES string of the molecule is CSCC[C@H](NC(=O)C(C)(C)C)C(=O)O. The number of nitrogens with one attached hydrogen (secondary N) is 1. The molecule has 0 aliphatic rings. The summed E-state index contributed by atoms with van der Waals surface area (Å²) in [5, 5.41) is 11.4. The molecule has 0 heterocycles. The van der Waals surface area contributed by atoms with Crippen molar-refractivity contribution in [2.45, 2.75) is 33.2 Å². The van der Waals surface area contributed by atoms with Gasteiger partial charge in [-0.2, -0.15) is 11.8 Å². The molecule has 0 saturated carbocycles. The van der Waals surface area contributed by atoms with Gasteiger partial charge in [-0.1, -0.05) is 20.8 Å². The van der Waals surface area contributed by atoms with E-state index in [1.807, 2.05) is 6.26 Å². The predicted octanol–water partition coefficient (Wildman–Crippen LogP) is 1.35. The average Bonchev–Trinajstić information content (AvgIpc) is 2.09. The Morgan fingerprint density at radius 1 is 1.40 bits per heavy atom. The van der Waals surface area contributed by atoms with E-state index in [0.29, 0.717) is 6.42 Å². The lowest BCUT2D eigenvalue weighted by atomic mass is 9.95. The van der Waals surface area contributed by atoms with Crippen molar-refractivity contribution in [3.63, 3.8) is 0 Å². The molecule has 1 amide bonds. The maximum absolute atomic E-state index is 11.6. The lowest BCUT2D eigenvalue weighted by Crippen LogP contribution is -2.46. The summed E-state index contributed by atoms with van der Waals surface area (Å²) < 4.78 is 0. The van der Waals surface area contributed by atoms with Crippen LogP contribution in [0.1, 0.15) is 27.2 Å². The van der Waals surface area contributed by atoms with Crippen LogP contribution >= 0.6 is 11.8 Å². The second kappa shape index (κ2) is 6.00. The van der Waals surface area contributed by atoms with Gasteiger partial charge in [-0.25, -0.2) is 4.79 Å². The number of hydrogen-bond donors (Lipinski definition) is 2. The Labute approximate surface area is 94.8 Å². The molecule has 0 aromatic heterocycles. The molecule has 0 unspecified atom stereocenters. The first-order chi connectivity index (χ1) is 6.79. The number of carboxylic acid groups (broad SMARTS) is 1. The van der Waals surface area contributed by atoms with Gasteiger partial charge in [0.2, 0.25) is 5.91 Å². The number of amides is 1. The Morgan fingerprint density at radius 3 is 2.27 bits per heavy atom. The molecule has 2 N–H and O–H groups in total. The normalized spacial score (nSPS) is 13.3. The summed E-state index contributed by atoms with van der Waals surface area (Å²) in [5.74, 6) is -0.473. The van der Waals surface area contributed by atoms with Crippen LogP contribution in [-0.4, -0.2) is 35.0 Å². The van der Waals surface area contributed by atoms with Gasteiger partial charge in [0.1, 0.15) is 6.04 Å². The number of rotatable bonds is 5. The zero-order valence-electron chi connectivity index (χ0n) is 9.66. The number of carboxylic acids is 1. The van der Waals surface area contributed by atoms with E-state index in [-0.39, 0.29) is 5.91 Å². The number of carbonyl (C=O) groups excluding carboxylic acids is 1. The molecule has 1 atom stereocenters. The fourth-order valence-electron chi connectivity index (χ4n) is 0.868. The molecule has 4 nitrogen and oxygen atoms in total. The lowest BCUT2D eigenvalue weighted by molar-refractivity contribution is -0.143. The van der Waals surface area contributed by atoms with Gasteiger partial charge in [0.05, 0.1) is 0 Å². The van der Waals surface area contributed by atoms with Crippen LogP contribution in [0.2, 0.25) is 0 Å². The highest BCUT2D eigenvalue weighted by atomic mass is 32.2. The Hall–Kier alpha value is -0.710. The molecule has 0 aromatic rings.